The predicted octanol–water partition coefficient (Wildman–Crippen LogP) is 0.592. The largest absolute Gasteiger partial charge is 0.396 e. The number of nitrogens with two attached hydrogens (primary N) is 1. The Labute approximate surface area is 66.2 Å². The lowest BCUT2D eigenvalue weighted by atomic mass is 10.3. The van der Waals surface area contributed by atoms with Crippen LogP contribution in [0.1, 0.15) is 19.3 Å². The van der Waals surface area contributed by atoms with Gasteiger partial charge in [0.1, 0.15) is 0 Å². The Bertz CT molecular complexity index is 99.6. The molecule has 2 unspecified atom stereocenters. The predicted molar refractivity (Wildman–Crippen MR) is 45.2 cm³/mol. The van der Waals surface area contributed by atoms with Crippen LogP contribution in [-0.4, -0.2) is 28.8 Å². The fraction of sp³-hybridized carbons (Fsp3) is 1.00. The van der Waals surface area contributed by atoms with Crippen LogP contribution in [0.4, 0.5) is 0 Å². The lowest BCUT2D eigenvalue weighted by Gasteiger charge is -2.06. The molecule has 0 radical (unpaired) electrons. The van der Waals surface area contributed by atoms with E-state index < -0.39 is 0 Å². The summed E-state index contributed by atoms with van der Waals surface area (Å²) in [7, 11) is 0. The molecule has 1 rings (SSSR count). The fourth-order valence-corrected chi connectivity index (χ4v) is 2.47. The van der Waals surface area contributed by atoms with Crippen molar-refractivity contribution in [3.05, 3.63) is 0 Å². The molecule has 0 aromatic rings. The summed E-state index contributed by atoms with van der Waals surface area (Å²) in [5.74, 6) is 0.872. The van der Waals surface area contributed by atoms with Crippen molar-refractivity contribution in [2.45, 2.75) is 30.6 Å². The van der Waals surface area contributed by atoms with E-state index in [1.54, 1.807) is 0 Å². The first-order valence-corrected chi connectivity index (χ1v) is 4.86. The number of thioether (sulfide) groups is 1. The summed E-state index contributed by atoms with van der Waals surface area (Å²) in [4.78, 5) is 0. The molecule has 1 aliphatic carbocycles. The van der Waals surface area contributed by atoms with Gasteiger partial charge in [0.15, 0.2) is 0 Å². The van der Waals surface area contributed by atoms with E-state index in [2.05, 4.69) is 0 Å². The van der Waals surface area contributed by atoms with Gasteiger partial charge in [0.2, 0.25) is 0 Å². The van der Waals surface area contributed by atoms with Crippen LogP contribution < -0.4 is 5.73 Å². The van der Waals surface area contributed by atoms with E-state index in [4.69, 9.17) is 10.8 Å². The van der Waals surface area contributed by atoms with Gasteiger partial charge in [0.05, 0.1) is 6.61 Å². The summed E-state index contributed by atoms with van der Waals surface area (Å²) >= 11 is 1.86. The van der Waals surface area contributed by atoms with Gasteiger partial charge in [-0.05, 0) is 19.3 Å². The zero-order valence-corrected chi connectivity index (χ0v) is 6.94. The van der Waals surface area contributed by atoms with Gasteiger partial charge in [-0.15, -0.1) is 0 Å². The summed E-state index contributed by atoms with van der Waals surface area (Å²) in [6, 6.07) is 0.427. The molecule has 0 aliphatic heterocycles. The van der Waals surface area contributed by atoms with Crippen molar-refractivity contribution in [1.82, 2.24) is 0 Å². The lowest BCUT2D eigenvalue weighted by Crippen LogP contribution is -2.15. The fourth-order valence-electron chi connectivity index (χ4n) is 1.34. The van der Waals surface area contributed by atoms with Gasteiger partial charge in [-0.2, -0.15) is 11.8 Å². The maximum absolute atomic E-state index is 8.54. The second-order valence-corrected chi connectivity index (χ2v) is 4.20. The number of aliphatic hydroxyl groups excluding tert-OH is 1. The van der Waals surface area contributed by atoms with Crippen LogP contribution in [0.3, 0.4) is 0 Å². The third kappa shape index (κ3) is 2.48. The first-order valence-electron chi connectivity index (χ1n) is 3.81. The summed E-state index contributed by atoms with van der Waals surface area (Å²) in [6.07, 6.45) is 3.56. The normalized spacial score (nSPS) is 33.0. The molecule has 2 atom stereocenters. The van der Waals surface area contributed by atoms with E-state index in [-0.39, 0.29) is 0 Å². The first kappa shape index (κ1) is 8.37. The van der Waals surface area contributed by atoms with Gasteiger partial charge in [-0.1, -0.05) is 0 Å². The highest BCUT2D eigenvalue weighted by Crippen LogP contribution is 2.28. The van der Waals surface area contributed by atoms with E-state index >= 15 is 0 Å². The molecular weight excluding hydrogens is 146 g/mol. The Hall–Kier alpha value is 0.270. The van der Waals surface area contributed by atoms with Gasteiger partial charge in [0, 0.05) is 17.0 Å². The molecule has 60 valence electrons. The quantitative estimate of drug-likeness (QED) is 0.637. The minimum absolute atomic E-state index is 0.302. The molecule has 0 bridgehead atoms. The minimum Gasteiger partial charge on any atom is -0.396 e. The standard InChI is InChI=1S/C7H15NOS/c8-6-1-2-7(5-6)10-4-3-9/h6-7,9H,1-5,8H2. The third-order valence-corrected chi connectivity index (χ3v) is 3.19. The van der Waals surface area contributed by atoms with Crippen molar-refractivity contribution in [2.24, 2.45) is 5.73 Å². The maximum Gasteiger partial charge on any atom is 0.0521 e. The Morgan fingerprint density at radius 2 is 2.30 bits per heavy atom. The molecule has 10 heavy (non-hydrogen) atoms. The molecular formula is C7H15NOS. The number of hydrogen-bond acceptors (Lipinski definition) is 3. The minimum atomic E-state index is 0.302. The van der Waals surface area contributed by atoms with Crippen LogP contribution >= 0.6 is 11.8 Å². The highest BCUT2D eigenvalue weighted by atomic mass is 32.2. The third-order valence-electron chi connectivity index (χ3n) is 1.87. The number of aliphatic hydroxyl groups is 1. The van der Waals surface area contributed by atoms with Gasteiger partial charge in [-0.3, -0.25) is 0 Å². The lowest BCUT2D eigenvalue weighted by molar-refractivity contribution is 0.322. The molecule has 1 fully saturated rings. The van der Waals surface area contributed by atoms with Crippen LogP contribution in [0.25, 0.3) is 0 Å². The second-order valence-electron chi connectivity index (χ2n) is 2.79. The molecule has 0 amide bonds. The van der Waals surface area contributed by atoms with Gasteiger partial charge in [0.25, 0.3) is 0 Å². The van der Waals surface area contributed by atoms with Crippen LogP contribution in [0, 0.1) is 0 Å². The summed E-state index contributed by atoms with van der Waals surface area (Å²) < 4.78 is 0. The van der Waals surface area contributed by atoms with E-state index in [1.165, 1.54) is 12.8 Å². The number of hydrogen-bond donors (Lipinski definition) is 2. The molecule has 2 nitrogen and oxygen atoms in total. The van der Waals surface area contributed by atoms with Gasteiger partial charge >= 0.3 is 0 Å². The molecule has 0 heterocycles. The van der Waals surface area contributed by atoms with E-state index in [0.717, 1.165) is 17.4 Å². The Balaban J connectivity index is 2.06. The topological polar surface area (TPSA) is 46.2 Å². The number of rotatable bonds is 3. The summed E-state index contributed by atoms with van der Waals surface area (Å²) in [6.45, 7) is 0.302. The smallest absolute Gasteiger partial charge is 0.0521 e. The first-order chi connectivity index (χ1) is 4.83. The molecule has 1 aliphatic rings. The maximum atomic E-state index is 8.54. The zero-order chi connectivity index (χ0) is 7.40. The van der Waals surface area contributed by atoms with Crippen molar-refractivity contribution in [3.63, 3.8) is 0 Å². The van der Waals surface area contributed by atoms with Crippen LogP contribution in [-0.2, 0) is 0 Å². The van der Waals surface area contributed by atoms with E-state index in [0.29, 0.717) is 12.6 Å². The van der Waals surface area contributed by atoms with Crippen molar-refractivity contribution >= 4 is 11.8 Å². The Morgan fingerprint density at radius 3 is 2.80 bits per heavy atom. The molecule has 0 spiro atoms. The summed E-state index contributed by atoms with van der Waals surface area (Å²) in [5.41, 5.74) is 5.72. The van der Waals surface area contributed by atoms with Gasteiger partial charge < -0.3 is 10.8 Å². The summed E-state index contributed by atoms with van der Waals surface area (Å²) in [5, 5.41) is 9.26. The molecule has 1 saturated carbocycles. The second kappa shape index (κ2) is 4.21. The monoisotopic (exact) mass is 161 g/mol. The highest BCUT2D eigenvalue weighted by Gasteiger charge is 2.21. The van der Waals surface area contributed by atoms with Crippen molar-refractivity contribution in [1.29, 1.82) is 0 Å². The molecule has 3 heteroatoms. The Kier molecular flexibility index (Phi) is 3.52. The molecule has 0 aromatic heterocycles. The van der Waals surface area contributed by atoms with Crippen LogP contribution in [0.15, 0.2) is 0 Å². The zero-order valence-electron chi connectivity index (χ0n) is 6.12. The SMILES string of the molecule is NC1CCC(SCCO)C1. The van der Waals surface area contributed by atoms with Crippen LogP contribution in [0.2, 0.25) is 0 Å². The van der Waals surface area contributed by atoms with Crippen molar-refractivity contribution in [2.75, 3.05) is 12.4 Å². The van der Waals surface area contributed by atoms with Crippen LogP contribution in [0.5, 0.6) is 0 Å². The van der Waals surface area contributed by atoms with E-state index in [9.17, 15) is 0 Å². The van der Waals surface area contributed by atoms with Gasteiger partial charge in [-0.25, -0.2) is 0 Å². The van der Waals surface area contributed by atoms with Crippen molar-refractivity contribution in [3.8, 4) is 0 Å². The molecule has 0 saturated heterocycles. The van der Waals surface area contributed by atoms with Crippen molar-refractivity contribution < 1.29 is 5.11 Å². The molecule has 0 aromatic carbocycles. The average molecular weight is 161 g/mol. The van der Waals surface area contributed by atoms with E-state index in [1.807, 2.05) is 11.8 Å². The highest BCUT2D eigenvalue weighted by molar-refractivity contribution is 7.99. The molecule has 3 N–H and O–H groups in total. The average Bonchev–Trinajstić information content (AvgIpc) is 2.31. The Morgan fingerprint density at radius 1 is 1.50 bits per heavy atom.